The van der Waals surface area contributed by atoms with Gasteiger partial charge in [-0.15, -0.1) is 0 Å². The lowest BCUT2D eigenvalue weighted by Gasteiger charge is -2.15. The van der Waals surface area contributed by atoms with Crippen molar-refractivity contribution in [1.29, 1.82) is 0 Å². The molecular weight excluding hydrogens is 339 g/mol. The van der Waals surface area contributed by atoms with Crippen LogP contribution in [0.15, 0.2) is 36.7 Å². The van der Waals surface area contributed by atoms with Gasteiger partial charge < -0.3 is 10.6 Å². The number of nitrogens with zero attached hydrogens (tertiary/aromatic N) is 2. The maximum Gasteiger partial charge on any atom is 0.254 e. The van der Waals surface area contributed by atoms with Crippen LogP contribution < -0.4 is 10.6 Å². The Morgan fingerprint density at radius 1 is 1.04 bits per heavy atom. The zero-order valence-electron chi connectivity index (χ0n) is 12.2. The van der Waals surface area contributed by atoms with E-state index in [1.54, 1.807) is 31.2 Å². The number of hydrogen-bond acceptors (Lipinski definition) is 4. The van der Waals surface area contributed by atoms with Crippen molar-refractivity contribution in [1.82, 2.24) is 20.6 Å². The molecular formula is C15H14Cl2N4O2. The van der Waals surface area contributed by atoms with Crippen molar-refractivity contribution in [3.8, 4) is 0 Å². The molecule has 0 saturated carbocycles. The van der Waals surface area contributed by atoms with Gasteiger partial charge in [0.2, 0.25) is 0 Å². The average molecular weight is 353 g/mol. The number of aromatic nitrogens is 2. The Kier molecular flexibility index (Phi) is 5.90. The first-order chi connectivity index (χ1) is 11.0. The van der Waals surface area contributed by atoms with Gasteiger partial charge in [-0.05, 0) is 31.2 Å². The maximum atomic E-state index is 12.1. The van der Waals surface area contributed by atoms with Gasteiger partial charge in [-0.1, -0.05) is 23.2 Å². The third kappa shape index (κ3) is 4.64. The lowest BCUT2D eigenvalue weighted by molar-refractivity contribution is 0.0912. The van der Waals surface area contributed by atoms with E-state index < -0.39 is 0 Å². The third-order valence-electron chi connectivity index (χ3n) is 2.95. The molecule has 0 aromatic carbocycles. The summed E-state index contributed by atoms with van der Waals surface area (Å²) in [6.07, 6.45) is 3.00. The van der Waals surface area contributed by atoms with E-state index in [0.29, 0.717) is 0 Å². The Labute approximate surface area is 143 Å². The Balaban J connectivity index is 1.89. The second-order valence-corrected chi connectivity index (χ2v) is 5.48. The first-order valence-corrected chi connectivity index (χ1v) is 7.54. The summed E-state index contributed by atoms with van der Waals surface area (Å²) in [5.74, 6) is -0.715. The van der Waals surface area contributed by atoms with E-state index in [9.17, 15) is 9.59 Å². The van der Waals surface area contributed by atoms with Crippen LogP contribution in [0.5, 0.6) is 0 Å². The predicted molar refractivity (Wildman–Crippen MR) is 87.8 cm³/mol. The third-order valence-corrected chi connectivity index (χ3v) is 3.56. The Hall–Kier alpha value is -2.18. The molecule has 0 bridgehead atoms. The molecule has 0 unspecified atom stereocenters. The van der Waals surface area contributed by atoms with Crippen LogP contribution in [0.25, 0.3) is 0 Å². The minimum atomic E-state index is -0.358. The number of carbonyl (C=O) groups excluding carboxylic acids is 2. The highest BCUT2D eigenvalue weighted by molar-refractivity contribution is 6.33. The fourth-order valence-electron chi connectivity index (χ4n) is 1.80. The summed E-state index contributed by atoms with van der Waals surface area (Å²) >= 11 is 11.7. The van der Waals surface area contributed by atoms with E-state index in [1.165, 1.54) is 12.4 Å². The summed E-state index contributed by atoms with van der Waals surface area (Å²) in [6.45, 7) is 1.99. The molecule has 2 N–H and O–H groups in total. The summed E-state index contributed by atoms with van der Waals surface area (Å²) in [5, 5.41) is 5.67. The SMILES string of the molecule is C[C@@H](CNC(=O)c1cccnc1Cl)NC(=O)c1cccnc1Cl. The van der Waals surface area contributed by atoms with Crippen LogP contribution in [0.1, 0.15) is 27.6 Å². The van der Waals surface area contributed by atoms with Crippen LogP contribution in [0.2, 0.25) is 10.3 Å². The van der Waals surface area contributed by atoms with E-state index in [0.717, 1.165) is 0 Å². The summed E-state index contributed by atoms with van der Waals surface area (Å²) in [4.78, 5) is 31.7. The van der Waals surface area contributed by atoms with Crippen LogP contribution in [-0.4, -0.2) is 34.4 Å². The molecule has 6 nitrogen and oxygen atoms in total. The molecule has 0 aliphatic carbocycles. The van der Waals surface area contributed by atoms with Gasteiger partial charge in [-0.25, -0.2) is 9.97 Å². The second-order valence-electron chi connectivity index (χ2n) is 4.77. The molecule has 2 aromatic heterocycles. The number of rotatable bonds is 5. The van der Waals surface area contributed by atoms with Crippen LogP contribution >= 0.6 is 23.2 Å². The predicted octanol–water partition coefficient (Wildman–Crippen LogP) is 2.33. The summed E-state index contributed by atoms with van der Waals surface area (Å²) in [6, 6.07) is 6.08. The average Bonchev–Trinajstić information content (AvgIpc) is 2.53. The number of amides is 2. The molecule has 1 atom stereocenters. The second kappa shape index (κ2) is 7.89. The Morgan fingerprint density at radius 3 is 2.09 bits per heavy atom. The first-order valence-electron chi connectivity index (χ1n) is 6.79. The molecule has 0 aliphatic rings. The van der Waals surface area contributed by atoms with Gasteiger partial charge in [0.05, 0.1) is 11.1 Å². The molecule has 120 valence electrons. The van der Waals surface area contributed by atoms with Crippen LogP contribution in [0, 0.1) is 0 Å². The zero-order chi connectivity index (χ0) is 16.8. The van der Waals surface area contributed by atoms with Crippen molar-refractivity contribution < 1.29 is 9.59 Å². The van der Waals surface area contributed by atoms with E-state index in [-0.39, 0.29) is 45.8 Å². The number of pyridine rings is 2. The topological polar surface area (TPSA) is 84.0 Å². The minimum Gasteiger partial charge on any atom is -0.350 e. The fraction of sp³-hybridized carbons (Fsp3) is 0.200. The molecule has 2 amide bonds. The smallest absolute Gasteiger partial charge is 0.254 e. The van der Waals surface area contributed by atoms with Crippen molar-refractivity contribution in [3.05, 3.63) is 58.1 Å². The van der Waals surface area contributed by atoms with Gasteiger partial charge in [0.1, 0.15) is 10.3 Å². The normalized spacial score (nSPS) is 11.6. The Bertz CT molecular complexity index is 724. The summed E-state index contributed by atoms with van der Waals surface area (Å²) in [7, 11) is 0. The van der Waals surface area contributed by atoms with Gasteiger partial charge in [0, 0.05) is 25.0 Å². The molecule has 0 spiro atoms. The van der Waals surface area contributed by atoms with E-state index in [4.69, 9.17) is 23.2 Å². The van der Waals surface area contributed by atoms with Gasteiger partial charge in [0.15, 0.2) is 0 Å². The molecule has 8 heteroatoms. The molecule has 23 heavy (non-hydrogen) atoms. The van der Waals surface area contributed by atoms with Crippen LogP contribution in [0.3, 0.4) is 0 Å². The molecule has 0 aliphatic heterocycles. The number of hydrogen-bond donors (Lipinski definition) is 2. The van der Waals surface area contributed by atoms with E-state index in [1.807, 2.05) is 0 Å². The lowest BCUT2D eigenvalue weighted by atomic mass is 10.2. The molecule has 0 saturated heterocycles. The van der Waals surface area contributed by atoms with Crippen molar-refractivity contribution in [2.75, 3.05) is 6.54 Å². The summed E-state index contributed by atoms with van der Waals surface area (Å²) in [5.41, 5.74) is 0.561. The van der Waals surface area contributed by atoms with Crippen molar-refractivity contribution >= 4 is 35.0 Å². The van der Waals surface area contributed by atoms with Crippen molar-refractivity contribution in [3.63, 3.8) is 0 Å². The molecule has 2 rings (SSSR count). The van der Waals surface area contributed by atoms with Gasteiger partial charge >= 0.3 is 0 Å². The highest BCUT2D eigenvalue weighted by Crippen LogP contribution is 2.12. The lowest BCUT2D eigenvalue weighted by Crippen LogP contribution is -2.42. The molecule has 0 radical (unpaired) electrons. The highest BCUT2D eigenvalue weighted by Gasteiger charge is 2.15. The van der Waals surface area contributed by atoms with Crippen molar-refractivity contribution in [2.24, 2.45) is 0 Å². The molecule has 0 fully saturated rings. The van der Waals surface area contributed by atoms with Gasteiger partial charge in [0.25, 0.3) is 11.8 Å². The Morgan fingerprint density at radius 2 is 1.57 bits per heavy atom. The van der Waals surface area contributed by atoms with Gasteiger partial charge in [-0.3, -0.25) is 9.59 Å². The summed E-state index contributed by atoms with van der Waals surface area (Å²) < 4.78 is 0. The number of nitrogens with one attached hydrogen (secondary N) is 2. The monoisotopic (exact) mass is 352 g/mol. The van der Waals surface area contributed by atoms with E-state index in [2.05, 4.69) is 20.6 Å². The molecule has 2 aromatic rings. The molecule has 2 heterocycles. The fourth-order valence-corrected chi connectivity index (χ4v) is 2.21. The zero-order valence-corrected chi connectivity index (χ0v) is 13.7. The van der Waals surface area contributed by atoms with Crippen LogP contribution in [-0.2, 0) is 0 Å². The largest absolute Gasteiger partial charge is 0.350 e. The quantitative estimate of drug-likeness (QED) is 0.808. The van der Waals surface area contributed by atoms with Gasteiger partial charge in [-0.2, -0.15) is 0 Å². The van der Waals surface area contributed by atoms with E-state index >= 15 is 0 Å². The van der Waals surface area contributed by atoms with Crippen molar-refractivity contribution in [2.45, 2.75) is 13.0 Å². The minimum absolute atomic E-state index is 0.128. The highest BCUT2D eigenvalue weighted by atomic mass is 35.5. The maximum absolute atomic E-state index is 12.1. The standard InChI is InChI=1S/C15H14Cl2N4O2/c1-9(21-15(23)11-5-3-7-19-13(11)17)8-20-14(22)10-4-2-6-18-12(10)16/h2-7,9H,8H2,1H3,(H,20,22)(H,21,23)/t9-/m0/s1. The first kappa shape index (κ1) is 17.2. The number of carbonyl (C=O) groups is 2. The van der Waals surface area contributed by atoms with Crippen LogP contribution in [0.4, 0.5) is 0 Å². The number of halogens is 2.